The van der Waals surface area contributed by atoms with Crippen LogP contribution < -0.4 is 0 Å². The Balaban J connectivity index is 1.76. The van der Waals surface area contributed by atoms with Crippen LogP contribution in [0.3, 0.4) is 0 Å². The van der Waals surface area contributed by atoms with E-state index in [9.17, 15) is 8.42 Å². The molecule has 0 N–H and O–H groups in total. The Bertz CT molecular complexity index is 713. The predicted molar refractivity (Wildman–Crippen MR) is 88.4 cm³/mol. The number of fused-ring (bicyclic) bond motifs is 1. The fraction of sp³-hybridized carbons (Fsp3) is 0.647. The van der Waals surface area contributed by atoms with Crippen LogP contribution in [0.4, 0.5) is 0 Å². The van der Waals surface area contributed by atoms with Crippen molar-refractivity contribution in [3.8, 4) is 0 Å². The Morgan fingerprint density at radius 1 is 1.12 bits per heavy atom. The standard InChI is InChI=1S/C17H24O7S/c1-10-6-8-12(9-7-10)25(18,19)24-11(2)13-14-15(16(20-5)21-13)23-17(3,4)22-14/h6-9,11,13-16H,1-5H3/t11-,13-,14+,15+,16-/m1/s1. The van der Waals surface area contributed by atoms with Crippen molar-refractivity contribution in [1.82, 2.24) is 0 Å². The van der Waals surface area contributed by atoms with E-state index in [0.29, 0.717) is 0 Å². The zero-order chi connectivity index (χ0) is 18.4. The summed E-state index contributed by atoms with van der Waals surface area (Å²) in [4.78, 5) is 0.103. The largest absolute Gasteiger partial charge is 0.353 e. The highest BCUT2D eigenvalue weighted by Crippen LogP contribution is 2.40. The van der Waals surface area contributed by atoms with Gasteiger partial charge in [-0.1, -0.05) is 17.7 Å². The van der Waals surface area contributed by atoms with Crippen molar-refractivity contribution in [2.24, 2.45) is 0 Å². The highest BCUT2D eigenvalue weighted by atomic mass is 32.2. The topological polar surface area (TPSA) is 80.3 Å². The fourth-order valence-corrected chi connectivity index (χ4v) is 4.26. The van der Waals surface area contributed by atoms with Crippen molar-refractivity contribution < 1.29 is 31.5 Å². The normalized spacial score (nSPS) is 32.5. The summed E-state index contributed by atoms with van der Waals surface area (Å²) in [5.41, 5.74) is 0.968. The van der Waals surface area contributed by atoms with Crippen LogP contribution in [0.25, 0.3) is 0 Å². The van der Waals surface area contributed by atoms with E-state index in [0.717, 1.165) is 5.56 Å². The molecule has 0 radical (unpaired) electrons. The second-order valence-corrected chi connectivity index (χ2v) is 8.41. The molecular weight excluding hydrogens is 348 g/mol. The molecular formula is C17H24O7S. The molecule has 8 heteroatoms. The van der Waals surface area contributed by atoms with Crippen molar-refractivity contribution >= 4 is 10.1 Å². The van der Waals surface area contributed by atoms with Gasteiger partial charge in [-0.25, -0.2) is 0 Å². The Kier molecular flexibility index (Phi) is 4.95. The quantitative estimate of drug-likeness (QED) is 0.731. The van der Waals surface area contributed by atoms with Gasteiger partial charge in [0.1, 0.15) is 24.4 Å². The number of aryl methyl sites for hydroxylation is 1. The highest BCUT2D eigenvalue weighted by Gasteiger charge is 2.57. The molecule has 7 nitrogen and oxygen atoms in total. The molecule has 2 heterocycles. The molecule has 25 heavy (non-hydrogen) atoms. The van der Waals surface area contributed by atoms with Crippen LogP contribution in [-0.2, 0) is 33.2 Å². The van der Waals surface area contributed by atoms with Gasteiger partial charge in [-0.2, -0.15) is 8.42 Å². The average molecular weight is 372 g/mol. The average Bonchev–Trinajstić information content (AvgIpc) is 2.99. The lowest BCUT2D eigenvalue weighted by atomic mass is 10.1. The molecule has 0 saturated carbocycles. The summed E-state index contributed by atoms with van der Waals surface area (Å²) < 4.78 is 53.1. The van der Waals surface area contributed by atoms with E-state index in [4.69, 9.17) is 23.1 Å². The first-order chi connectivity index (χ1) is 11.6. The summed E-state index contributed by atoms with van der Waals surface area (Å²) in [6.07, 6.45) is -2.93. The summed E-state index contributed by atoms with van der Waals surface area (Å²) >= 11 is 0. The minimum absolute atomic E-state index is 0.103. The van der Waals surface area contributed by atoms with E-state index >= 15 is 0 Å². The summed E-state index contributed by atoms with van der Waals surface area (Å²) in [5, 5.41) is 0. The summed E-state index contributed by atoms with van der Waals surface area (Å²) in [7, 11) is -2.41. The first kappa shape index (κ1) is 18.8. The SMILES string of the molecule is CO[C@@H]1O[C@H]([C@@H](C)OS(=O)(=O)c2ccc(C)cc2)[C@@H]2OC(C)(C)O[C@H]12. The number of benzene rings is 1. The molecule has 3 rings (SSSR count). The minimum atomic E-state index is -3.91. The maximum absolute atomic E-state index is 12.5. The van der Waals surface area contributed by atoms with Gasteiger partial charge in [-0.15, -0.1) is 0 Å². The zero-order valence-electron chi connectivity index (χ0n) is 15.0. The van der Waals surface area contributed by atoms with Gasteiger partial charge in [-0.3, -0.25) is 4.18 Å². The lowest BCUT2D eigenvalue weighted by Gasteiger charge is -2.26. The van der Waals surface area contributed by atoms with E-state index in [1.54, 1.807) is 32.9 Å². The van der Waals surface area contributed by atoms with Crippen LogP contribution in [0.2, 0.25) is 0 Å². The predicted octanol–water partition coefficient (Wildman–Crippen LogP) is 1.98. The Hall–Kier alpha value is -1.03. The van der Waals surface area contributed by atoms with Crippen molar-refractivity contribution in [3.05, 3.63) is 29.8 Å². The highest BCUT2D eigenvalue weighted by molar-refractivity contribution is 7.86. The molecule has 2 fully saturated rings. The maximum Gasteiger partial charge on any atom is 0.297 e. The third-order valence-corrected chi connectivity index (χ3v) is 5.74. The van der Waals surface area contributed by atoms with Crippen LogP contribution in [0.5, 0.6) is 0 Å². The van der Waals surface area contributed by atoms with Gasteiger partial charge in [0, 0.05) is 7.11 Å². The van der Waals surface area contributed by atoms with E-state index in [2.05, 4.69) is 0 Å². The van der Waals surface area contributed by atoms with Crippen LogP contribution in [0.15, 0.2) is 29.2 Å². The fourth-order valence-electron chi connectivity index (χ4n) is 3.17. The van der Waals surface area contributed by atoms with Crippen molar-refractivity contribution in [2.45, 2.75) is 69.1 Å². The Labute approximate surface area is 148 Å². The second kappa shape index (κ2) is 6.61. The summed E-state index contributed by atoms with van der Waals surface area (Å²) in [6.45, 7) is 7.12. The van der Waals surface area contributed by atoms with E-state index in [1.807, 2.05) is 6.92 Å². The molecule has 140 valence electrons. The number of hydrogen-bond acceptors (Lipinski definition) is 7. The minimum Gasteiger partial charge on any atom is -0.353 e. The smallest absolute Gasteiger partial charge is 0.297 e. The molecule has 5 atom stereocenters. The third-order valence-electron chi connectivity index (χ3n) is 4.33. The van der Waals surface area contributed by atoms with Crippen molar-refractivity contribution in [1.29, 1.82) is 0 Å². The van der Waals surface area contributed by atoms with Crippen LogP contribution in [-0.4, -0.2) is 52.0 Å². The monoisotopic (exact) mass is 372 g/mol. The van der Waals surface area contributed by atoms with Gasteiger partial charge in [0.05, 0.1) is 4.90 Å². The molecule has 0 unspecified atom stereocenters. The van der Waals surface area contributed by atoms with Gasteiger partial charge in [-0.05, 0) is 39.8 Å². The third kappa shape index (κ3) is 3.74. The molecule has 2 aliphatic heterocycles. The molecule has 2 saturated heterocycles. The second-order valence-electron chi connectivity index (χ2n) is 6.84. The van der Waals surface area contributed by atoms with Crippen molar-refractivity contribution in [2.75, 3.05) is 7.11 Å². The van der Waals surface area contributed by atoms with Crippen molar-refractivity contribution in [3.63, 3.8) is 0 Å². The summed E-state index contributed by atoms with van der Waals surface area (Å²) in [5.74, 6) is -0.788. The van der Waals surface area contributed by atoms with Gasteiger partial charge < -0.3 is 18.9 Å². The zero-order valence-corrected chi connectivity index (χ0v) is 15.8. The van der Waals surface area contributed by atoms with E-state index < -0.39 is 46.6 Å². The van der Waals surface area contributed by atoms with Crippen LogP contribution >= 0.6 is 0 Å². The molecule has 0 aliphatic carbocycles. The number of hydrogen-bond donors (Lipinski definition) is 0. The first-order valence-electron chi connectivity index (χ1n) is 8.17. The van der Waals surface area contributed by atoms with Gasteiger partial charge in [0.2, 0.25) is 0 Å². The molecule has 2 aliphatic rings. The molecule has 0 amide bonds. The lowest BCUT2D eigenvalue weighted by molar-refractivity contribution is -0.234. The van der Waals surface area contributed by atoms with Gasteiger partial charge in [0.15, 0.2) is 12.1 Å². The van der Waals surface area contributed by atoms with Gasteiger partial charge >= 0.3 is 0 Å². The number of ether oxygens (including phenoxy) is 4. The van der Waals surface area contributed by atoms with Crippen LogP contribution in [0.1, 0.15) is 26.3 Å². The van der Waals surface area contributed by atoms with E-state index in [1.165, 1.54) is 19.2 Å². The van der Waals surface area contributed by atoms with Gasteiger partial charge in [0.25, 0.3) is 10.1 Å². The molecule has 1 aromatic rings. The molecule has 0 spiro atoms. The molecule has 0 bridgehead atoms. The Morgan fingerprint density at radius 2 is 1.72 bits per heavy atom. The van der Waals surface area contributed by atoms with E-state index in [-0.39, 0.29) is 4.90 Å². The van der Waals surface area contributed by atoms with Crippen LogP contribution in [0, 0.1) is 6.92 Å². The lowest BCUT2D eigenvalue weighted by Crippen LogP contribution is -2.39. The molecule has 0 aromatic heterocycles. The number of methoxy groups -OCH3 is 1. The summed E-state index contributed by atoms with van der Waals surface area (Å²) in [6, 6.07) is 6.48. The first-order valence-corrected chi connectivity index (χ1v) is 9.58. The number of rotatable bonds is 5. The molecule has 1 aromatic carbocycles. The Morgan fingerprint density at radius 3 is 2.32 bits per heavy atom. The maximum atomic E-state index is 12.5.